The average Bonchev–Trinajstić information content (AvgIpc) is 2.75. The zero-order valence-electron chi connectivity index (χ0n) is 17.8. The van der Waals surface area contributed by atoms with Gasteiger partial charge in [0.2, 0.25) is 0 Å². The van der Waals surface area contributed by atoms with Crippen LogP contribution >= 0.6 is 11.6 Å². The Bertz CT molecular complexity index is 967. The van der Waals surface area contributed by atoms with Crippen molar-refractivity contribution >= 4 is 17.6 Å². The largest absolute Gasteiger partial charge is 0.493 e. The summed E-state index contributed by atoms with van der Waals surface area (Å²) in [4.78, 5) is 13.5. The molecule has 2 aromatic carbocycles. The van der Waals surface area contributed by atoms with Gasteiger partial charge >= 0.3 is 12.1 Å². The van der Waals surface area contributed by atoms with E-state index >= 15 is 0 Å². The molecular formula is C23H25ClF3NO4. The highest BCUT2D eigenvalue weighted by Crippen LogP contribution is 2.41. The summed E-state index contributed by atoms with van der Waals surface area (Å²) in [6, 6.07) is 7.69. The highest BCUT2D eigenvalue weighted by molar-refractivity contribution is 6.31. The van der Waals surface area contributed by atoms with Crippen molar-refractivity contribution < 1.29 is 32.5 Å². The van der Waals surface area contributed by atoms with E-state index in [1.54, 1.807) is 18.2 Å². The van der Waals surface area contributed by atoms with Gasteiger partial charge < -0.3 is 14.6 Å². The fourth-order valence-corrected chi connectivity index (χ4v) is 4.31. The summed E-state index contributed by atoms with van der Waals surface area (Å²) < 4.78 is 51.4. The number of carbonyl (C=O) groups is 1. The van der Waals surface area contributed by atoms with Gasteiger partial charge in [0.1, 0.15) is 0 Å². The van der Waals surface area contributed by atoms with Gasteiger partial charge in [-0.15, -0.1) is 0 Å². The van der Waals surface area contributed by atoms with E-state index in [0.29, 0.717) is 43.1 Å². The van der Waals surface area contributed by atoms with E-state index in [0.717, 1.165) is 12.1 Å². The first kappa shape index (κ1) is 24.2. The van der Waals surface area contributed by atoms with Crippen molar-refractivity contribution in [2.24, 2.45) is 5.92 Å². The molecule has 0 spiro atoms. The van der Waals surface area contributed by atoms with Crippen LogP contribution in [0.1, 0.15) is 42.5 Å². The summed E-state index contributed by atoms with van der Waals surface area (Å²) in [6.45, 7) is 2.91. The Labute approximate surface area is 189 Å². The first-order chi connectivity index (χ1) is 15.2. The topological polar surface area (TPSA) is 59.0 Å². The van der Waals surface area contributed by atoms with Gasteiger partial charge in [-0.3, -0.25) is 9.69 Å². The van der Waals surface area contributed by atoms with Crippen molar-refractivity contribution in [1.82, 2.24) is 4.90 Å². The van der Waals surface area contributed by atoms with E-state index in [1.165, 1.54) is 13.2 Å². The quantitative estimate of drug-likeness (QED) is 0.565. The number of ether oxygens (including phenoxy) is 2. The molecule has 0 amide bonds. The molecule has 3 rings (SSSR count). The molecule has 2 aromatic rings. The fourth-order valence-electron chi connectivity index (χ4n) is 4.09. The minimum Gasteiger partial charge on any atom is -0.493 e. The lowest BCUT2D eigenvalue weighted by atomic mass is 9.90. The zero-order chi connectivity index (χ0) is 23.5. The Hall–Kier alpha value is -2.45. The summed E-state index contributed by atoms with van der Waals surface area (Å²) in [7, 11) is 1.50. The second-order valence-electron chi connectivity index (χ2n) is 7.65. The molecule has 32 heavy (non-hydrogen) atoms. The van der Waals surface area contributed by atoms with E-state index < -0.39 is 29.7 Å². The Balaban J connectivity index is 2.15. The van der Waals surface area contributed by atoms with Crippen molar-refractivity contribution in [3.63, 3.8) is 0 Å². The number of likely N-dealkylation sites (tertiary alicyclic amines) is 1. The number of rotatable bonds is 7. The molecule has 0 bridgehead atoms. The van der Waals surface area contributed by atoms with Crippen LogP contribution in [0.5, 0.6) is 11.5 Å². The molecule has 0 radical (unpaired) electrons. The van der Waals surface area contributed by atoms with Gasteiger partial charge in [-0.1, -0.05) is 17.7 Å². The predicted molar refractivity (Wildman–Crippen MR) is 114 cm³/mol. The van der Waals surface area contributed by atoms with Crippen LogP contribution in [0.3, 0.4) is 0 Å². The normalized spacial score (nSPS) is 18.2. The molecule has 1 saturated heterocycles. The summed E-state index contributed by atoms with van der Waals surface area (Å²) >= 11 is 6.40. The Morgan fingerprint density at radius 3 is 2.62 bits per heavy atom. The molecule has 0 saturated carbocycles. The van der Waals surface area contributed by atoms with Gasteiger partial charge in [-0.2, -0.15) is 13.2 Å². The monoisotopic (exact) mass is 471 g/mol. The summed E-state index contributed by atoms with van der Waals surface area (Å²) in [5.74, 6) is -0.590. The highest BCUT2D eigenvalue weighted by atomic mass is 35.5. The van der Waals surface area contributed by atoms with Gasteiger partial charge in [-0.25, -0.2) is 0 Å². The molecule has 1 aliphatic rings. The second-order valence-corrected chi connectivity index (χ2v) is 8.06. The van der Waals surface area contributed by atoms with Gasteiger partial charge in [0.05, 0.1) is 31.2 Å². The third kappa shape index (κ3) is 5.30. The number of hydrogen-bond acceptors (Lipinski definition) is 4. The Morgan fingerprint density at radius 1 is 1.25 bits per heavy atom. The van der Waals surface area contributed by atoms with Crippen LogP contribution in [0, 0.1) is 5.92 Å². The summed E-state index contributed by atoms with van der Waals surface area (Å²) in [5.41, 5.74) is 0.0916. The minimum absolute atomic E-state index is 0.175. The van der Waals surface area contributed by atoms with Crippen molar-refractivity contribution in [2.75, 3.05) is 26.8 Å². The molecule has 9 heteroatoms. The van der Waals surface area contributed by atoms with Crippen molar-refractivity contribution in [3.8, 4) is 11.5 Å². The van der Waals surface area contributed by atoms with E-state index in [9.17, 15) is 23.1 Å². The van der Waals surface area contributed by atoms with Crippen LogP contribution in [0.25, 0.3) is 0 Å². The number of methoxy groups -OCH3 is 1. The minimum atomic E-state index is -4.54. The van der Waals surface area contributed by atoms with Crippen molar-refractivity contribution in [2.45, 2.75) is 32.0 Å². The first-order valence-electron chi connectivity index (χ1n) is 10.3. The first-order valence-corrected chi connectivity index (χ1v) is 10.7. The molecule has 0 aromatic heterocycles. The molecule has 1 N–H and O–H groups in total. The smallest absolute Gasteiger partial charge is 0.416 e. The molecule has 2 atom stereocenters. The van der Waals surface area contributed by atoms with Gasteiger partial charge in [0.15, 0.2) is 11.5 Å². The average molecular weight is 472 g/mol. The lowest BCUT2D eigenvalue weighted by Gasteiger charge is -2.38. The summed E-state index contributed by atoms with van der Waals surface area (Å²) in [5, 5.41) is 9.70. The maximum Gasteiger partial charge on any atom is 0.416 e. The number of aliphatic carboxylic acids is 1. The number of alkyl halides is 3. The summed E-state index contributed by atoms with van der Waals surface area (Å²) in [6.07, 6.45) is -3.41. The highest BCUT2D eigenvalue weighted by Gasteiger charge is 2.35. The standard InChI is InChI=1S/C23H25ClF3NO4/c1-3-32-20-11-14(6-9-19(20)31-2)21(28-10-4-5-15(13-28)22(29)30)17-12-16(23(25,26)27)7-8-18(17)24/h6-9,11-12,15,21H,3-5,10,13H2,1-2H3,(H,29,30). The van der Waals surface area contributed by atoms with Crippen LogP contribution < -0.4 is 9.47 Å². The number of benzene rings is 2. The lowest BCUT2D eigenvalue weighted by Crippen LogP contribution is -2.41. The van der Waals surface area contributed by atoms with E-state index in [1.807, 2.05) is 11.8 Å². The van der Waals surface area contributed by atoms with E-state index in [-0.39, 0.29) is 17.1 Å². The number of carboxylic acids is 1. The lowest BCUT2D eigenvalue weighted by molar-refractivity contribution is -0.143. The van der Waals surface area contributed by atoms with Gasteiger partial charge in [0, 0.05) is 11.6 Å². The van der Waals surface area contributed by atoms with Crippen LogP contribution in [-0.2, 0) is 11.0 Å². The number of halogens is 4. The molecule has 1 fully saturated rings. The second kappa shape index (κ2) is 10.0. The third-order valence-electron chi connectivity index (χ3n) is 5.59. The van der Waals surface area contributed by atoms with Gasteiger partial charge in [-0.05, 0) is 67.8 Å². The number of nitrogens with zero attached hydrogens (tertiary/aromatic N) is 1. The van der Waals surface area contributed by atoms with Crippen molar-refractivity contribution in [1.29, 1.82) is 0 Å². The molecule has 0 aliphatic carbocycles. The molecule has 1 aliphatic heterocycles. The molecular weight excluding hydrogens is 447 g/mol. The Morgan fingerprint density at radius 2 is 2.00 bits per heavy atom. The SMILES string of the molecule is CCOc1cc(C(c2cc(C(F)(F)F)ccc2Cl)N2CCCC(C(=O)O)C2)ccc1OC. The van der Waals surface area contributed by atoms with Crippen LogP contribution in [0.15, 0.2) is 36.4 Å². The molecule has 5 nitrogen and oxygen atoms in total. The zero-order valence-corrected chi connectivity index (χ0v) is 18.5. The third-order valence-corrected chi connectivity index (χ3v) is 5.93. The number of hydrogen-bond donors (Lipinski definition) is 1. The van der Waals surface area contributed by atoms with Crippen LogP contribution in [0.2, 0.25) is 5.02 Å². The van der Waals surface area contributed by atoms with Crippen molar-refractivity contribution in [3.05, 3.63) is 58.1 Å². The maximum absolute atomic E-state index is 13.5. The maximum atomic E-state index is 13.5. The number of piperidine rings is 1. The van der Waals surface area contributed by atoms with E-state index in [4.69, 9.17) is 21.1 Å². The molecule has 174 valence electrons. The van der Waals surface area contributed by atoms with E-state index in [2.05, 4.69) is 0 Å². The predicted octanol–water partition coefficient (Wildman–Crippen LogP) is 5.65. The molecule has 2 unspecified atom stereocenters. The van der Waals surface area contributed by atoms with Crippen LogP contribution in [-0.4, -0.2) is 42.8 Å². The molecule has 1 heterocycles. The van der Waals surface area contributed by atoms with Crippen LogP contribution in [0.4, 0.5) is 13.2 Å². The Kier molecular flexibility index (Phi) is 7.56. The fraction of sp³-hybridized carbons (Fsp3) is 0.435. The number of carboxylic acid groups (broad SMARTS) is 1. The van der Waals surface area contributed by atoms with Gasteiger partial charge in [0.25, 0.3) is 0 Å².